The molecule has 0 spiro atoms. The van der Waals surface area contributed by atoms with E-state index in [4.69, 9.17) is 5.73 Å². The highest BCUT2D eigenvalue weighted by Crippen LogP contribution is 2.22. The van der Waals surface area contributed by atoms with Gasteiger partial charge < -0.3 is 15.6 Å². The minimum absolute atomic E-state index is 0.271. The van der Waals surface area contributed by atoms with Crippen LogP contribution in [0.1, 0.15) is 25.1 Å². The largest absolute Gasteiger partial charge is 0.368 e. The molecule has 4 heterocycles. The molecule has 1 aliphatic heterocycles. The van der Waals surface area contributed by atoms with Crippen molar-refractivity contribution in [3.8, 4) is 0 Å². The third kappa shape index (κ3) is 3.25. The fourth-order valence-corrected chi connectivity index (χ4v) is 3.48. The van der Waals surface area contributed by atoms with Crippen LogP contribution in [0.2, 0.25) is 0 Å². The summed E-state index contributed by atoms with van der Waals surface area (Å²) in [6, 6.07) is 3.83. The molecule has 0 radical (unpaired) electrons. The van der Waals surface area contributed by atoms with E-state index in [9.17, 15) is 0 Å². The number of nitrogens with one attached hydrogen (secondary N) is 1. The first kappa shape index (κ1) is 15.1. The second-order valence-corrected chi connectivity index (χ2v) is 6.63. The van der Waals surface area contributed by atoms with E-state index in [1.807, 2.05) is 12.1 Å². The van der Waals surface area contributed by atoms with Crippen molar-refractivity contribution in [3.05, 3.63) is 24.2 Å². The van der Waals surface area contributed by atoms with E-state index < -0.39 is 0 Å². The molecule has 24 heavy (non-hydrogen) atoms. The smallest absolute Gasteiger partial charge is 0.230 e. The average Bonchev–Trinajstić information content (AvgIpc) is 3.03. The van der Waals surface area contributed by atoms with Gasteiger partial charge in [0.05, 0.1) is 11.3 Å². The summed E-state index contributed by atoms with van der Waals surface area (Å²) in [6.07, 6.45) is 5.33. The van der Waals surface area contributed by atoms with E-state index in [1.165, 1.54) is 31.0 Å². The van der Waals surface area contributed by atoms with Crippen LogP contribution in [0.4, 0.5) is 11.9 Å². The van der Waals surface area contributed by atoms with Gasteiger partial charge in [-0.15, -0.1) is 0 Å². The van der Waals surface area contributed by atoms with Crippen molar-refractivity contribution in [1.82, 2.24) is 29.9 Å². The summed E-state index contributed by atoms with van der Waals surface area (Å²) in [5.74, 6) is 2.20. The van der Waals surface area contributed by atoms with Gasteiger partial charge in [-0.05, 0) is 31.4 Å². The van der Waals surface area contributed by atoms with Crippen LogP contribution in [-0.4, -0.2) is 43.0 Å². The van der Waals surface area contributed by atoms with Gasteiger partial charge in [0.25, 0.3) is 0 Å². The third-order valence-corrected chi connectivity index (χ3v) is 4.77. The molecule has 3 aromatic heterocycles. The molecule has 0 saturated carbocycles. The maximum Gasteiger partial charge on any atom is 0.230 e. The SMILES string of the molecule is Nc1nc(CSc2nc3ncccc3[nH]2)nc(N2CCCCC2)n1. The quantitative estimate of drug-likeness (QED) is 0.693. The number of nitrogens with two attached hydrogens (primary N) is 1. The topological polar surface area (TPSA) is 109 Å². The van der Waals surface area contributed by atoms with E-state index in [0.29, 0.717) is 23.2 Å². The van der Waals surface area contributed by atoms with E-state index in [1.54, 1.807) is 6.20 Å². The predicted octanol–water partition coefficient (Wildman–Crippen LogP) is 2.01. The lowest BCUT2D eigenvalue weighted by Crippen LogP contribution is -2.31. The number of hydrogen-bond donors (Lipinski definition) is 2. The summed E-state index contributed by atoms with van der Waals surface area (Å²) in [7, 11) is 0. The van der Waals surface area contributed by atoms with E-state index in [-0.39, 0.29) is 5.95 Å². The molecule has 0 unspecified atom stereocenters. The minimum Gasteiger partial charge on any atom is -0.368 e. The van der Waals surface area contributed by atoms with Gasteiger partial charge in [-0.25, -0.2) is 9.97 Å². The normalized spacial score (nSPS) is 15.1. The number of fused-ring (bicyclic) bond motifs is 1. The Morgan fingerprint density at radius 2 is 2.00 bits per heavy atom. The van der Waals surface area contributed by atoms with Gasteiger partial charge >= 0.3 is 0 Å². The molecule has 1 fully saturated rings. The molecule has 3 N–H and O–H groups in total. The zero-order valence-corrected chi connectivity index (χ0v) is 14.0. The molecule has 0 amide bonds. The van der Waals surface area contributed by atoms with Gasteiger partial charge in [-0.1, -0.05) is 11.8 Å². The Morgan fingerprint density at radius 1 is 1.12 bits per heavy atom. The Balaban J connectivity index is 1.50. The van der Waals surface area contributed by atoms with Gasteiger partial charge in [-0.3, -0.25) is 0 Å². The molecule has 0 aliphatic carbocycles. The summed E-state index contributed by atoms with van der Waals surface area (Å²) in [5.41, 5.74) is 7.50. The highest BCUT2D eigenvalue weighted by atomic mass is 32.2. The van der Waals surface area contributed by atoms with Gasteiger partial charge in [0, 0.05) is 19.3 Å². The molecule has 0 bridgehead atoms. The summed E-state index contributed by atoms with van der Waals surface area (Å²) in [5, 5.41) is 0.794. The molecule has 124 valence electrons. The van der Waals surface area contributed by atoms with Crippen LogP contribution in [-0.2, 0) is 5.75 Å². The standard InChI is InChI=1S/C15H18N8S/c16-13-19-11(20-14(22-13)23-7-2-1-3-8-23)9-24-15-18-10-5-4-6-17-12(10)21-15/h4-6H,1-3,7-9H2,(H,17,18,21)(H2,16,19,20,22). The molecule has 4 rings (SSSR count). The van der Waals surface area contributed by atoms with Gasteiger partial charge in [0.2, 0.25) is 11.9 Å². The van der Waals surface area contributed by atoms with Crippen LogP contribution in [0.3, 0.4) is 0 Å². The van der Waals surface area contributed by atoms with Gasteiger partial charge in [-0.2, -0.15) is 15.0 Å². The molecule has 3 aromatic rings. The Hall–Kier alpha value is -2.42. The number of imidazole rings is 1. The Kier molecular flexibility index (Phi) is 4.16. The summed E-state index contributed by atoms with van der Waals surface area (Å²) >= 11 is 1.53. The van der Waals surface area contributed by atoms with Crippen LogP contribution in [0.25, 0.3) is 11.2 Å². The minimum atomic E-state index is 0.271. The first-order valence-electron chi connectivity index (χ1n) is 7.97. The lowest BCUT2D eigenvalue weighted by molar-refractivity contribution is 0.567. The highest BCUT2D eigenvalue weighted by Gasteiger charge is 2.16. The summed E-state index contributed by atoms with van der Waals surface area (Å²) in [6.45, 7) is 1.95. The maximum atomic E-state index is 5.86. The zero-order valence-electron chi connectivity index (χ0n) is 13.1. The van der Waals surface area contributed by atoms with E-state index >= 15 is 0 Å². The van der Waals surface area contributed by atoms with Crippen molar-refractivity contribution < 1.29 is 0 Å². The Bertz CT molecular complexity index is 809. The lowest BCUT2D eigenvalue weighted by Gasteiger charge is -2.26. The number of nitrogens with zero attached hydrogens (tertiary/aromatic N) is 6. The van der Waals surface area contributed by atoms with Crippen LogP contribution in [0, 0.1) is 0 Å². The van der Waals surface area contributed by atoms with Crippen LogP contribution >= 0.6 is 11.8 Å². The molecule has 0 aromatic carbocycles. The van der Waals surface area contributed by atoms with Crippen LogP contribution in [0.15, 0.2) is 23.5 Å². The number of pyridine rings is 1. The predicted molar refractivity (Wildman–Crippen MR) is 93.8 cm³/mol. The number of anilines is 2. The average molecular weight is 342 g/mol. The first-order valence-corrected chi connectivity index (χ1v) is 8.95. The van der Waals surface area contributed by atoms with Crippen molar-refractivity contribution in [3.63, 3.8) is 0 Å². The fourth-order valence-electron chi connectivity index (χ4n) is 2.75. The van der Waals surface area contributed by atoms with Crippen molar-refractivity contribution in [2.24, 2.45) is 0 Å². The van der Waals surface area contributed by atoms with Crippen molar-refractivity contribution >= 4 is 34.8 Å². The second kappa shape index (κ2) is 6.60. The molecular formula is C15H18N8S. The van der Waals surface area contributed by atoms with Gasteiger partial charge in [0.15, 0.2) is 10.8 Å². The monoisotopic (exact) mass is 342 g/mol. The molecule has 0 atom stereocenters. The van der Waals surface area contributed by atoms with Crippen LogP contribution in [0.5, 0.6) is 0 Å². The number of rotatable bonds is 4. The molecule has 1 saturated heterocycles. The number of hydrogen-bond acceptors (Lipinski definition) is 8. The van der Waals surface area contributed by atoms with Gasteiger partial charge in [0.1, 0.15) is 5.82 Å². The molecule has 1 aliphatic rings. The Labute approximate surface area is 143 Å². The first-order chi connectivity index (χ1) is 11.8. The highest BCUT2D eigenvalue weighted by molar-refractivity contribution is 7.98. The number of aromatic nitrogens is 6. The van der Waals surface area contributed by atoms with E-state index in [0.717, 1.165) is 23.8 Å². The molecular weight excluding hydrogens is 324 g/mol. The van der Waals surface area contributed by atoms with Crippen molar-refractivity contribution in [1.29, 1.82) is 0 Å². The zero-order chi connectivity index (χ0) is 16.4. The third-order valence-electron chi connectivity index (χ3n) is 3.90. The number of piperidine rings is 1. The fraction of sp³-hybridized carbons (Fsp3) is 0.400. The molecule has 8 nitrogen and oxygen atoms in total. The van der Waals surface area contributed by atoms with Crippen LogP contribution < -0.4 is 10.6 Å². The lowest BCUT2D eigenvalue weighted by atomic mass is 10.1. The maximum absolute atomic E-state index is 5.86. The van der Waals surface area contributed by atoms with Crippen molar-refractivity contribution in [2.45, 2.75) is 30.2 Å². The molecule has 9 heteroatoms. The summed E-state index contributed by atoms with van der Waals surface area (Å²) < 4.78 is 0. The number of nitrogen functional groups attached to an aromatic ring is 1. The van der Waals surface area contributed by atoms with E-state index in [2.05, 4.69) is 34.8 Å². The van der Waals surface area contributed by atoms with Crippen molar-refractivity contribution in [2.75, 3.05) is 23.7 Å². The number of H-pyrrole nitrogens is 1. The second-order valence-electron chi connectivity index (χ2n) is 5.66. The summed E-state index contributed by atoms with van der Waals surface area (Å²) in [4.78, 5) is 27.2. The number of thioether (sulfide) groups is 1. The number of aromatic amines is 1. The Morgan fingerprint density at radius 3 is 2.83 bits per heavy atom.